The minimum absolute atomic E-state index is 0.0918. The Balaban J connectivity index is 2.52. The van der Waals surface area contributed by atoms with E-state index >= 15 is 0 Å². The van der Waals surface area contributed by atoms with Crippen LogP contribution in [0.3, 0.4) is 0 Å². The summed E-state index contributed by atoms with van der Waals surface area (Å²) >= 11 is 5.65. The molecular formula is C13H18ClNO3. The number of rotatable bonds is 7. The predicted molar refractivity (Wildman–Crippen MR) is 71.0 cm³/mol. The highest BCUT2D eigenvalue weighted by Crippen LogP contribution is 2.15. The van der Waals surface area contributed by atoms with Crippen LogP contribution in [0.25, 0.3) is 0 Å². The summed E-state index contributed by atoms with van der Waals surface area (Å²) in [6, 6.07) is 6.70. The van der Waals surface area contributed by atoms with Crippen LogP contribution in [0.15, 0.2) is 24.3 Å². The number of phenols is 1. The van der Waals surface area contributed by atoms with Crippen molar-refractivity contribution in [2.75, 3.05) is 19.6 Å². The van der Waals surface area contributed by atoms with Crippen molar-refractivity contribution < 1.29 is 14.6 Å². The Morgan fingerprint density at radius 2 is 2.22 bits per heavy atom. The number of hydrogen-bond donors (Lipinski definition) is 2. The fourth-order valence-corrected chi connectivity index (χ4v) is 1.91. The van der Waals surface area contributed by atoms with Gasteiger partial charge in [-0.25, -0.2) is 0 Å². The minimum Gasteiger partial charge on any atom is -0.508 e. The van der Waals surface area contributed by atoms with Crippen LogP contribution in [0.2, 0.25) is 0 Å². The number of ether oxygens (including phenoxy) is 1. The van der Waals surface area contributed by atoms with Crippen LogP contribution in [0.5, 0.6) is 5.75 Å². The molecule has 0 aromatic heterocycles. The van der Waals surface area contributed by atoms with Gasteiger partial charge >= 0.3 is 0 Å². The van der Waals surface area contributed by atoms with Gasteiger partial charge in [0.15, 0.2) is 0 Å². The number of carbonyl (C=O) groups excluding carboxylic acids is 1. The van der Waals surface area contributed by atoms with Gasteiger partial charge < -0.3 is 15.2 Å². The van der Waals surface area contributed by atoms with Crippen molar-refractivity contribution in [3.05, 3.63) is 29.8 Å². The molecule has 1 unspecified atom stereocenters. The van der Waals surface area contributed by atoms with E-state index < -0.39 is 0 Å². The van der Waals surface area contributed by atoms with E-state index in [4.69, 9.17) is 16.3 Å². The van der Waals surface area contributed by atoms with E-state index in [1.54, 1.807) is 31.4 Å². The number of amides is 1. The third-order valence-corrected chi connectivity index (χ3v) is 2.75. The maximum absolute atomic E-state index is 11.8. The normalized spacial score (nSPS) is 12.1. The summed E-state index contributed by atoms with van der Waals surface area (Å²) in [6.07, 6.45) is 0.803. The summed E-state index contributed by atoms with van der Waals surface area (Å²) in [5.41, 5.74) is 0.608. The van der Waals surface area contributed by atoms with Crippen LogP contribution in [0.1, 0.15) is 12.0 Å². The summed E-state index contributed by atoms with van der Waals surface area (Å²) in [5, 5.41) is 12.4. The van der Waals surface area contributed by atoms with Crippen LogP contribution in [-0.4, -0.2) is 36.7 Å². The fourth-order valence-electron chi connectivity index (χ4n) is 1.64. The third kappa shape index (κ3) is 4.94. The van der Waals surface area contributed by atoms with Crippen LogP contribution in [-0.2, 0) is 16.0 Å². The van der Waals surface area contributed by atoms with E-state index in [2.05, 4.69) is 5.32 Å². The number of halogens is 1. The summed E-state index contributed by atoms with van der Waals surface area (Å²) in [5.74, 6) is 0.446. The maximum Gasteiger partial charge on any atom is 0.224 e. The molecule has 18 heavy (non-hydrogen) atoms. The molecule has 100 valence electrons. The van der Waals surface area contributed by atoms with Crippen molar-refractivity contribution in [2.24, 2.45) is 0 Å². The molecule has 0 saturated carbocycles. The lowest BCUT2D eigenvalue weighted by atomic mass is 10.1. The van der Waals surface area contributed by atoms with Gasteiger partial charge in [-0.1, -0.05) is 18.2 Å². The van der Waals surface area contributed by atoms with Crippen molar-refractivity contribution in [1.29, 1.82) is 0 Å². The standard InChI is InChI=1S/C13H18ClNO3/c1-18-9-11(6-7-14)15-13(17)8-10-4-2-3-5-12(10)16/h2-5,11,16H,6-9H2,1H3,(H,15,17). The highest BCUT2D eigenvalue weighted by molar-refractivity contribution is 6.17. The first-order valence-corrected chi connectivity index (χ1v) is 6.32. The second kappa shape index (κ2) is 7.95. The lowest BCUT2D eigenvalue weighted by Crippen LogP contribution is -2.39. The van der Waals surface area contributed by atoms with Gasteiger partial charge in [-0.15, -0.1) is 11.6 Å². The molecule has 2 N–H and O–H groups in total. The van der Waals surface area contributed by atoms with Gasteiger partial charge in [-0.2, -0.15) is 0 Å². The Morgan fingerprint density at radius 3 is 2.83 bits per heavy atom. The number of aromatic hydroxyl groups is 1. The quantitative estimate of drug-likeness (QED) is 0.742. The third-order valence-electron chi connectivity index (χ3n) is 2.53. The lowest BCUT2D eigenvalue weighted by molar-refractivity contribution is -0.121. The van der Waals surface area contributed by atoms with Gasteiger partial charge in [0.25, 0.3) is 0 Å². The zero-order valence-electron chi connectivity index (χ0n) is 10.4. The van der Waals surface area contributed by atoms with E-state index in [0.717, 1.165) is 0 Å². The smallest absolute Gasteiger partial charge is 0.224 e. The number of para-hydroxylation sites is 1. The highest BCUT2D eigenvalue weighted by Gasteiger charge is 2.13. The van der Waals surface area contributed by atoms with Crippen molar-refractivity contribution in [2.45, 2.75) is 18.9 Å². The molecule has 1 aromatic rings. The van der Waals surface area contributed by atoms with Gasteiger partial charge in [0.2, 0.25) is 5.91 Å². The lowest BCUT2D eigenvalue weighted by Gasteiger charge is -2.16. The van der Waals surface area contributed by atoms with Crippen molar-refractivity contribution in [1.82, 2.24) is 5.32 Å². The van der Waals surface area contributed by atoms with Gasteiger partial charge in [0, 0.05) is 18.6 Å². The molecule has 0 fully saturated rings. The molecule has 1 rings (SSSR count). The monoisotopic (exact) mass is 271 g/mol. The number of nitrogens with one attached hydrogen (secondary N) is 1. The van der Waals surface area contributed by atoms with Crippen LogP contribution < -0.4 is 5.32 Å². The van der Waals surface area contributed by atoms with E-state index in [1.807, 2.05) is 0 Å². The summed E-state index contributed by atoms with van der Waals surface area (Å²) in [7, 11) is 1.58. The van der Waals surface area contributed by atoms with Crippen LogP contribution in [0.4, 0.5) is 0 Å². The Morgan fingerprint density at radius 1 is 1.50 bits per heavy atom. The molecule has 5 heteroatoms. The van der Waals surface area contributed by atoms with E-state index in [1.165, 1.54) is 0 Å². The predicted octanol–water partition coefficient (Wildman–Crippen LogP) is 1.69. The minimum atomic E-state index is -0.149. The maximum atomic E-state index is 11.8. The number of carbonyl (C=O) groups is 1. The molecule has 0 saturated heterocycles. The zero-order chi connectivity index (χ0) is 13.4. The van der Waals surface area contributed by atoms with E-state index in [9.17, 15) is 9.90 Å². The van der Waals surface area contributed by atoms with E-state index in [-0.39, 0.29) is 24.1 Å². The largest absolute Gasteiger partial charge is 0.508 e. The average Bonchev–Trinajstić information content (AvgIpc) is 2.33. The second-order valence-corrected chi connectivity index (χ2v) is 4.38. The number of hydrogen-bond acceptors (Lipinski definition) is 3. The van der Waals surface area contributed by atoms with Gasteiger partial charge in [0.1, 0.15) is 5.75 Å². The number of benzene rings is 1. The molecule has 0 spiro atoms. The molecule has 0 bridgehead atoms. The molecule has 1 amide bonds. The Kier molecular flexibility index (Phi) is 6.54. The van der Waals surface area contributed by atoms with Gasteiger partial charge in [-0.05, 0) is 12.5 Å². The molecule has 0 aliphatic heterocycles. The Labute approximate surface area is 112 Å². The molecule has 1 aromatic carbocycles. The fraction of sp³-hybridized carbons (Fsp3) is 0.462. The summed E-state index contributed by atoms with van der Waals surface area (Å²) in [6.45, 7) is 0.430. The number of alkyl halides is 1. The summed E-state index contributed by atoms with van der Waals surface area (Å²) in [4.78, 5) is 11.8. The van der Waals surface area contributed by atoms with Crippen molar-refractivity contribution in [3.8, 4) is 5.75 Å². The van der Waals surface area contributed by atoms with Gasteiger partial charge in [-0.3, -0.25) is 4.79 Å². The average molecular weight is 272 g/mol. The van der Waals surface area contributed by atoms with Crippen LogP contribution in [0, 0.1) is 0 Å². The first kappa shape index (κ1) is 14.8. The molecule has 0 aliphatic rings. The van der Waals surface area contributed by atoms with Crippen LogP contribution >= 0.6 is 11.6 Å². The van der Waals surface area contributed by atoms with Gasteiger partial charge in [0.05, 0.1) is 19.1 Å². The highest BCUT2D eigenvalue weighted by atomic mass is 35.5. The molecule has 0 heterocycles. The Hall–Kier alpha value is -1.26. The SMILES string of the molecule is COCC(CCCl)NC(=O)Cc1ccccc1O. The summed E-state index contributed by atoms with van der Waals surface area (Å²) < 4.78 is 5.01. The number of phenolic OH excluding ortho intramolecular Hbond substituents is 1. The molecular weight excluding hydrogens is 254 g/mol. The number of methoxy groups -OCH3 is 1. The second-order valence-electron chi connectivity index (χ2n) is 4.00. The van der Waals surface area contributed by atoms with E-state index in [0.29, 0.717) is 24.5 Å². The topological polar surface area (TPSA) is 58.6 Å². The van der Waals surface area contributed by atoms with Crippen molar-refractivity contribution >= 4 is 17.5 Å². The zero-order valence-corrected chi connectivity index (χ0v) is 11.1. The molecule has 0 radical (unpaired) electrons. The molecule has 0 aliphatic carbocycles. The Bertz CT molecular complexity index is 378. The first-order valence-electron chi connectivity index (χ1n) is 5.78. The molecule has 4 nitrogen and oxygen atoms in total. The van der Waals surface area contributed by atoms with Crippen molar-refractivity contribution in [3.63, 3.8) is 0 Å². The molecule has 1 atom stereocenters. The first-order chi connectivity index (χ1) is 8.67.